The molecule has 0 amide bonds. The van der Waals surface area contributed by atoms with Crippen LogP contribution >= 0.6 is 0 Å². The van der Waals surface area contributed by atoms with E-state index in [0.29, 0.717) is 32.1 Å². The van der Waals surface area contributed by atoms with E-state index in [1.54, 1.807) is 6.20 Å². The monoisotopic (exact) mass is 439 g/mol. The molecule has 0 spiro atoms. The van der Waals surface area contributed by atoms with Crippen molar-refractivity contribution < 1.29 is 21.9 Å². The molecular weight excluding hydrogens is 416 g/mol. The maximum absolute atomic E-state index is 13.4. The second-order valence-electron chi connectivity index (χ2n) is 7.29. The van der Waals surface area contributed by atoms with Crippen molar-refractivity contribution in [3.8, 4) is 0 Å². The molecule has 2 saturated heterocycles. The lowest BCUT2D eigenvalue weighted by Gasteiger charge is -2.35. The van der Waals surface area contributed by atoms with Crippen LogP contribution in [0, 0.1) is 11.6 Å². The summed E-state index contributed by atoms with van der Waals surface area (Å²) in [6.45, 7) is 4.37. The molecule has 2 aromatic rings. The number of ether oxygens (including phenoxy) is 1. The summed E-state index contributed by atoms with van der Waals surface area (Å²) in [6, 6.07) is 4.77. The molecule has 0 N–H and O–H groups in total. The molecular formula is C19H23F2N5O3S. The lowest BCUT2D eigenvalue weighted by atomic mass is 10.2. The Morgan fingerprint density at radius 2 is 1.57 bits per heavy atom. The maximum atomic E-state index is 13.4. The van der Waals surface area contributed by atoms with Gasteiger partial charge in [-0.1, -0.05) is 0 Å². The minimum absolute atomic E-state index is 0.0963. The molecule has 1 aromatic heterocycles. The van der Waals surface area contributed by atoms with Gasteiger partial charge in [0.15, 0.2) is 5.82 Å². The third-order valence-corrected chi connectivity index (χ3v) is 7.08. The SMILES string of the molecule is O=S(=O)(Cc1cc(F)cc(F)c1)N1CCN(c2cc(N3CCOCC3)cnn2)CC1. The number of rotatable bonds is 5. The van der Waals surface area contributed by atoms with E-state index in [1.807, 2.05) is 11.0 Å². The van der Waals surface area contributed by atoms with Crippen molar-refractivity contribution in [3.63, 3.8) is 0 Å². The molecule has 2 aliphatic rings. The largest absolute Gasteiger partial charge is 0.378 e. The molecule has 4 rings (SSSR count). The molecule has 0 bridgehead atoms. The normalized spacial score (nSPS) is 18.6. The number of nitrogens with zero attached hydrogens (tertiary/aromatic N) is 5. The Kier molecular flexibility index (Phi) is 6.11. The second kappa shape index (κ2) is 8.78. The summed E-state index contributed by atoms with van der Waals surface area (Å²) in [5.74, 6) is -1.32. The van der Waals surface area contributed by atoms with Crippen molar-refractivity contribution in [2.45, 2.75) is 5.75 Å². The van der Waals surface area contributed by atoms with Crippen LogP contribution in [0.25, 0.3) is 0 Å². The van der Waals surface area contributed by atoms with Crippen LogP contribution in [0.3, 0.4) is 0 Å². The predicted molar refractivity (Wildman–Crippen MR) is 108 cm³/mol. The summed E-state index contributed by atoms with van der Waals surface area (Å²) < 4.78 is 58.9. The Morgan fingerprint density at radius 3 is 2.23 bits per heavy atom. The molecule has 30 heavy (non-hydrogen) atoms. The molecule has 11 heteroatoms. The van der Waals surface area contributed by atoms with Crippen LogP contribution in [-0.4, -0.2) is 75.4 Å². The van der Waals surface area contributed by atoms with E-state index in [9.17, 15) is 17.2 Å². The Balaban J connectivity index is 1.39. The van der Waals surface area contributed by atoms with Crippen LogP contribution in [0.15, 0.2) is 30.5 Å². The van der Waals surface area contributed by atoms with Gasteiger partial charge in [0.2, 0.25) is 10.0 Å². The molecule has 0 saturated carbocycles. The average Bonchev–Trinajstić information content (AvgIpc) is 2.73. The van der Waals surface area contributed by atoms with E-state index in [0.717, 1.165) is 37.0 Å². The van der Waals surface area contributed by atoms with Gasteiger partial charge in [-0.2, -0.15) is 9.40 Å². The molecule has 1 aromatic carbocycles. The quantitative estimate of drug-likeness (QED) is 0.694. The third kappa shape index (κ3) is 4.85. The number of hydrogen-bond acceptors (Lipinski definition) is 7. The first-order valence-corrected chi connectivity index (χ1v) is 11.3. The van der Waals surface area contributed by atoms with Crippen LogP contribution in [0.4, 0.5) is 20.3 Å². The Labute approximate surface area is 174 Å². The van der Waals surface area contributed by atoms with E-state index in [-0.39, 0.29) is 18.7 Å². The molecule has 8 nitrogen and oxygen atoms in total. The van der Waals surface area contributed by atoms with Crippen LogP contribution in [0.5, 0.6) is 0 Å². The minimum atomic E-state index is -3.69. The van der Waals surface area contributed by atoms with Gasteiger partial charge in [-0.05, 0) is 17.7 Å². The van der Waals surface area contributed by atoms with Crippen molar-refractivity contribution in [1.82, 2.24) is 14.5 Å². The fourth-order valence-electron chi connectivity index (χ4n) is 3.69. The predicted octanol–water partition coefficient (Wildman–Crippen LogP) is 1.24. The number of benzene rings is 1. The summed E-state index contributed by atoms with van der Waals surface area (Å²) in [6.07, 6.45) is 1.72. The zero-order valence-corrected chi connectivity index (χ0v) is 17.2. The molecule has 162 valence electrons. The highest BCUT2D eigenvalue weighted by atomic mass is 32.2. The number of anilines is 2. The lowest BCUT2D eigenvalue weighted by molar-refractivity contribution is 0.122. The number of sulfonamides is 1. The molecule has 0 atom stereocenters. The van der Waals surface area contributed by atoms with Crippen LogP contribution in [-0.2, 0) is 20.5 Å². The van der Waals surface area contributed by atoms with Crippen molar-refractivity contribution in [1.29, 1.82) is 0 Å². The van der Waals surface area contributed by atoms with E-state index < -0.39 is 27.4 Å². The highest BCUT2D eigenvalue weighted by molar-refractivity contribution is 7.88. The van der Waals surface area contributed by atoms with Gasteiger partial charge >= 0.3 is 0 Å². The minimum Gasteiger partial charge on any atom is -0.378 e. The first-order valence-electron chi connectivity index (χ1n) is 9.74. The first-order chi connectivity index (χ1) is 14.4. The lowest BCUT2D eigenvalue weighted by Crippen LogP contribution is -2.49. The fraction of sp³-hybridized carbons (Fsp3) is 0.474. The van der Waals surface area contributed by atoms with Gasteiger partial charge in [0.25, 0.3) is 0 Å². The van der Waals surface area contributed by atoms with Gasteiger partial charge in [-0.15, -0.1) is 5.10 Å². The molecule has 2 fully saturated rings. The first kappa shape index (κ1) is 20.9. The maximum Gasteiger partial charge on any atom is 0.218 e. The Hall–Kier alpha value is -2.37. The highest BCUT2D eigenvalue weighted by Crippen LogP contribution is 2.22. The zero-order chi connectivity index (χ0) is 21.1. The van der Waals surface area contributed by atoms with Gasteiger partial charge in [0.1, 0.15) is 11.6 Å². The zero-order valence-electron chi connectivity index (χ0n) is 16.4. The van der Waals surface area contributed by atoms with E-state index in [4.69, 9.17) is 4.74 Å². The van der Waals surface area contributed by atoms with Gasteiger partial charge in [-0.25, -0.2) is 17.2 Å². The van der Waals surface area contributed by atoms with Crippen molar-refractivity contribution in [2.24, 2.45) is 0 Å². The van der Waals surface area contributed by atoms with Gasteiger partial charge < -0.3 is 14.5 Å². The van der Waals surface area contributed by atoms with Crippen molar-refractivity contribution >= 4 is 21.5 Å². The molecule has 2 aliphatic heterocycles. The molecule has 3 heterocycles. The average molecular weight is 439 g/mol. The number of piperazine rings is 1. The number of halogens is 2. The van der Waals surface area contributed by atoms with Gasteiger partial charge in [0, 0.05) is 51.4 Å². The number of hydrogen-bond donors (Lipinski definition) is 0. The summed E-state index contributed by atoms with van der Waals surface area (Å²) in [7, 11) is -3.69. The van der Waals surface area contributed by atoms with E-state index in [2.05, 4.69) is 15.1 Å². The van der Waals surface area contributed by atoms with Crippen LogP contribution in [0.1, 0.15) is 5.56 Å². The van der Waals surface area contributed by atoms with E-state index in [1.165, 1.54) is 4.31 Å². The molecule has 0 aliphatic carbocycles. The van der Waals surface area contributed by atoms with Crippen molar-refractivity contribution in [3.05, 3.63) is 47.7 Å². The van der Waals surface area contributed by atoms with Gasteiger partial charge in [0.05, 0.1) is 30.9 Å². The summed E-state index contributed by atoms with van der Waals surface area (Å²) >= 11 is 0. The summed E-state index contributed by atoms with van der Waals surface area (Å²) in [4.78, 5) is 4.17. The van der Waals surface area contributed by atoms with E-state index >= 15 is 0 Å². The smallest absolute Gasteiger partial charge is 0.218 e. The standard InChI is InChI=1S/C19H23F2N5O3S/c20-16-9-15(10-17(21)11-16)14-30(27,28)26-3-1-25(2-4-26)19-12-18(13-22-23-19)24-5-7-29-8-6-24/h9-13H,1-8,14H2. The molecule has 0 radical (unpaired) electrons. The van der Waals surface area contributed by atoms with Crippen LogP contribution in [0.2, 0.25) is 0 Å². The summed E-state index contributed by atoms with van der Waals surface area (Å²) in [5.41, 5.74) is 1.06. The summed E-state index contributed by atoms with van der Waals surface area (Å²) in [5, 5.41) is 8.30. The number of aromatic nitrogens is 2. The Morgan fingerprint density at radius 1 is 0.900 bits per heavy atom. The second-order valence-corrected chi connectivity index (χ2v) is 9.26. The highest BCUT2D eigenvalue weighted by Gasteiger charge is 2.28. The van der Waals surface area contributed by atoms with Crippen LogP contribution < -0.4 is 9.80 Å². The fourth-order valence-corrected chi connectivity index (χ4v) is 5.18. The van der Waals surface area contributed by atoms with Gasteiger partial charge in [-0.3, -0.25) is 0 Å². The Bertz CT molecular complexity index is 973. The topological polar surface area (TPSA) is 78.9 Å². The van der Waals surface area contributed by atoms with Crippen molar-refractivity contribution in [2.75, 3.05) is 62.3 Å². The molecule has 0 unspecified atom stereocenters. The number of morpholine rings is 1. The third-order valence-electron chi connectivity index (χ3n) is 5.23.